The van der Waals surface area contributed by atoms with E-state index < -0.39 is 9.84 Å². The quantitative estimate of drug-likeness (QED) is 0.880. The summed E-state index contributed by atoms with van der Waals surface area (Å²) in [4.78, 5) is 0.378. The number of ether oxygens (including phenoxy) is 1. The molecule has 2 fully saturated rings. The molecule has 0 amide bonds. The van der Waals surface area contributed by atoms with E-state index in [4.69, 9.17) is 4.74 Å². The minimum absolute atomic E-state index is 0.249. The second-order valence-corrected chi connectivity index (χ2v) is 9.89. The molecule has 128 valence electrons. The van der Waals surface area contributed by atoms with Crippen LogP contribution in [0.2, 0.25) is 0 Å². The van der Waals surface area contributed by atoms with E-state index in [1.54, 1.807) is 12.1 Å². The predicted octanol–water partition coefficient (Wildman–Crippen LogP) is 2.80. The fraction of sp³-hybridized carbons (Fsp3) is 0.647. The predicted molar refractivity (Wildman–Crippen MR) is 94.7 cm³/mol. The van der Waals surface area contributed by atoms with Gasteiger partial charge in [0.1, 0.15) is 0 Å². The molecule has 0 radical (unpaired) electrons. The fourth-order valence-electron chi connectivity index (χ4n) is 3.25. The third-order valence-electron chi connectivity index (χ3n) is 4.61. The summed E-state index contributed by atoms with van der Waals surface area (Å²) in [5.41, 5.74) is 1.14. The van der Waals surface area contributed by atoms with Crippen molar-refractivity contribution < 1.29 is 13.2 Å². The van der Waals surface area contributed by atoms with Crippen LogP contribution in [0.1, 0.15) is 37.3 Å². The lowest BCUT2D eigenvalue weighted by Crippen LogP contribution is -2.36. The summed E-state index contributed by atoms with van der Waals surface area (Å²) in [6.07, 6.45) is 6.15. The number of benzene rings is 1. The molecule has 3 unspecified atom stereocenters. The maximum Gasteiger partial charge on any atom is 0.175 e. The van der Waals surface area contributed by atoms with Gasteiger partial charge in [0.25, 0.3) is 0 Å². The van der Waals surface area contributed by atoms with Crippen molar-refractivity contribution in [2.75, 3.05) is 25.2 Å². The highest BCUT2D eigenvalue weighted by Crippen LogP contribution is 2.29. The molecule has 3 rings (SSSR count). The van der Waals surface area contributed by atoms with Crippen molar-refractivity contribution in [3.8, 4) is 0 Å². The first-order chi connectivity index (χ1) is 11.0. The van der Waals surface area contributed by atoms with Gasteiger partial charge in [-0.3, -0.25) is 0 Å². The van der Waals surface area contributed by atoms with Crippen LogP contribution < -0.4 is 5.32 Å². The zero-order chi connectivity index (χ0) is 16.3. The molecule has 0 aromatic heterocycles. The Morgan fingerprint density at radius 3 is 2.70 bits per heavy atom. The molecule has 2 aliphatic heterocycles. The Labute approximate surface area is 143 Å². The van der Waals surface area contributed by atoms with E-state index in [9.17, 15) is 8.42 Å². The van der Waals surface area contributed by atoms with Gasteiger partial charge in [-0.2, -0.15) is 11.8 Å². The van der Waals surface area contributed by atoms with E-state index in [1.165, 1.54) is 24.9 Å². The molecular formula is C17H25NO3S2. The van der Waals surface area contributed by atoms with Gasteiger partial charge in [0.2, 0.25) is 0 Å². The average Bonchev–Trinajstić information content (AvgIpc) is 3.06. The third kappa shape index (κ3) is 4.72. The largest absolute Gasteiger partial charge is 0.377 e. The van der Waals surface area contributed by atoms with Crippen molar-refractivity contribution in [3.05, 3.63) is 29.8 Å². The molecule has 0 saturated carbocycles. The van der Waals surface area contributed by atoms with Crippen molar-refractivity contribution in [1.82, 2.24) is 5.32 Å². The first-order valence-corrected chi connectivity index (χ1v) is 11.2. The van der Waals surface area contributed by atoms with Crippen LogP contribution in [0.4, 0.5) is 0 Å². The highest BCUT2D eigenvalue weighted by atomic mass is 32.2. The Hall–Kier alpha value is -0.560. The fourth-order valence-corrected chi connectivity index (χ4v) is 5.06. The van der Waals surface area contributed by atoms with E-state index in [-0.39, 0.29) is 6.04 Å². The van der Waals surface area contributed by atoms with Crippen LogP contribution >= 0.6 is 11.8 Å². The third-order valence-corrected chi connectivity index (χ3v) is 7.10. The molecule has 2 saturated heterocycles. The van der Waals surface area contributed by atoms with Gasteiger partial charge in [-0.25, -0.2) is 8.42 Å². The van der Waals surface area contributed by atoms with E-state index in [2.05, 4.69) is 5.32 Å². The molecule has 6 heteroatoms. The molecule has 0 aliphatic carbocycles. The van der Waals surface area contributed by atoms with Crippen molar-refractivity contribution in [1.29, 1.82) is 0 Å². The number of sulfone groups is 1. The number of hydrogen-bond donors (Lipinski definition) is 1. The molecule has 1 aromatic carbocycles. The monoisotopic (exact) mass is 355 g/mol. The highest BCUT2D eigenvalue weighted by Gasteiger charge is 2.25. The minimum Gasteiger partial charge on any atom is -0.377 e. The first kappa shape index (κ1) is 17.3. The first-order valence-electron chi connectivity index (χ1n) is 8.29. The van der Waals surface area contributed by atoms with Crippen LogP contribution in [0.3, 0.4) is 0 Å². The second kappa shape index (κ2) is 7.55. The molecule has 0 bridgehead atoms. The van der Waals surface area contributed by atoms with E-state index in [0.717, 1.165) is 31.6 Å². The SMILES string of the molecule is CS(=O)(=O)c1ccc(C2CC(OCC3CCCS3)CCN2)cc1. The maximum absolute atomic E-state index is 11.5. The summed E-state index contributed by atoms with van der Waals surface area (Å²) >= 11 is 2.03. The molecule has 1 aromatic rings. The lowest BCUT2D eigenvalue weighted by atomic mass is 9.95. The maximum atomic E-state index is 11.5. The molecule has 2 heterocycles. The van der Waals surface area contributed by atoms with Crippen LogP contribution in [0.5, 0.6) is 0 Å². The summed E-state index contributed by atoms with van der Waals surface area (Å²) in [7, 11) is -3.13. The number of nitrogens with one attached hydrogen (secondary N) is 1. The van der Waals surface area contributed by atoms with E-state index in [1.807, 2.05) is 23.9 Å². The van der Waals surface area contributed by atoms with Crippen molar-refractivity contribution in [3.63, 3.8) is 0 Å². The van der Waals surface area contributed by atoms with E-state index in [0.29, 0.717) is 16.2 Å². The number of rotatable bonds is 5. The number of hydrogen-bond acceptors (Lipinski definition) is 5. The van der Waals surface area contributed by atoms with Gasteiger partial charge < -0.3 is 10.1 Å². The van der Waals surface area contributed by atoms with Gasteiger partial charge in [-0.1, -0.05) is 12.1 Å². The van der Waals surface area contributed by atoms with Crippen LogP contribution in [0.25, 0.3) is 0 Å². The molecule has 23 heavy (non-hydrogen) atoms. The molecule has 4 nitrogen and oxygen atoms in total. The lowest BCUT2D eigenvalue weighted by Gasteiger charge is -2.31. The molecule has 2 aliphatic rings. The summed E-state index contributed by atoms with van der Waals surface area (Å²) < 4.78 is 29.2. The van der Waals surface area contributed by atoms with Crippen LogP contribution in [-0.4, -0.2) is 44.9 Å². The topological polar surface area (TPSA) is 55.4 Å². The van der Waals surface area contributed by atoms with Gasteiger partial charge in [-0.15, -0.1) is 0 Å². The normalized spacial score (nSPS) is 28.8. The Morgan fingerprint density at radius 1 is 1.26 bits per heavy atom. The molecule has 3 atom stereocenters. The Kier molecular flexibility index (Phi) is 5.67. The van der Waals surface area contributed by atoms with Gasteiger partial charge in [0, 0.05) is 17.5 Å². The molecular weight excluding hydrogens is 330 g/mol. The standard InChI is InChI=1S/C17H25NO3S2/c1-23(19,20)16-6-4-13(5-7-16)17-11-14(8-9-18-17)21-12-15-3-2-10-22-15/h4-7,14-15,17-18H,2-3,8-12H2,1H3. The minimum atomic E-state index is -3.13. The van der Waals surface area contributed by atoms with E-state index >= 15 is 0 Å². The Bertz CT molecular complexity index is 609. The number of piperidine rings is 1. The average molecular weight is 356 g/mol. The smallest absolute Gasteiger partial charge is 0.175 e. The van der Waals surface area contributed by atoms with Crippen molar-refractivity contribution >= 4 is 21.6 Å². The Balaban J connectivity index is 1.57. The van der Waals surface area contributed by atoms with Gasteiger partial charge >= 0.3 is 0 Å². The van der Waals surface area contributed by atoms with Crippen LogP contribution in [0.15, 0.2) is 29.2 Å². The molecule has 0 spiro atoms. The van der Waals surface area contributed by atoms with Crippen molar-refractivity contribution in [2.24, 2.45) is 0 Å². The molecule has 1 N–H and O–H groups in total. The highest BCUT2D eigenvalue weighted by molar-refractivity contribution is 8.00. The van der Waals surface area contributed by atoms with Gasteiger partial charge in [0.05, 0.1) is 17.6 Å². The summed E-state index contributed by atoms with van der Waals surface area (Å²) in [6.45, 7) is 1.82. The van der Waals surface area contributed by atoms with Gasteiger partial charge in [0.15, 0.2) is 9.84 Å². The second-order valence-electron chi connectivity index (χ2n) is 6.46. The summed E-state index contributed by atoms with van der Waals surface area (Å²) in [5, 5.41) is 4.19. The van der Waals surface area contributed by atoms with Gasteiger partial charge in [-0.05, 0) is 55.7 Å². The number of thioether (sulfide) groups is 1. The summed E-state index contributed by atoms with van der Waals surface area (Å²) in [6, 6.07) is 7.49. The zero-order valence-electron chi connectivity index (χ0n) is 13.5. The van der Waals surface area contributed by atoms with Crippen molar-refractivity contribution in [2.45, 2.75) is 48.0 Å². The zero-order valence-corrected chi connectivity index (χ0v) is 15.2. The van der Waals surface area contributed by atoms with Crippen LogP contribution in [0, 0.1) is 0 Å². The lowest BCUT2D eigenvalue weighted by molar-refractivity contribution is 0.0226. The van der Waals surface area contributed by atoms with Crippen LogP contribution in [-0.2, 0) is 14.6 Å². The Morgan fingerprint density at radius 2 is 2.04 bits per heavy atom. The summed E-state index contributed by atoms with van der Waals surface area (Å²) in [5.74, 6) is 1.27.